The lowest BCUT2D eigenvalue weighted by Crippen LogP contribution is -2.53. The molecule has 146 valence electrons. The van der Waals surface area contributed by atoms with E-state index >= 15 is 0 Å². The maximum atomic E-state index is 12.5. The Morgan fingerprint density at radius 3 is 2.44 bits per heavy atom. The lowest BCUT2D eigenvalue weighted by molar-refractivity contribution is -0.134. The number of piperazine rings is 1. The SMILES string of the molecule is O=C(NCC1CCCN(C(=O)C2CC2)C1)N1CCN(c2ccncc2)CC1. The molecule has 3 fully saturated rings. The lowest BCUT2D eigenvalue weighted by atomic mass is 9.97. The highest BCUT2D eigenvalue weighted by Gasteiger charge is 2.35. The molecule has 0 radical (unpaired) electrons. The molecule has 27 heavy (non-hydrogen) atoms. The van der Waals surface area contributed by atoms with E-state index in [1.165, 1.54) is 0 Å². The summed E-state index contributed by atoms with van der Waals surface area (Å²) in [6.07, 6.45) is 7.85. The smallest absolute Gasteiger partial charge is 0.317 e. The summed E-state index contributed by atoms with van der Waals surface area (Å²) in [5.74, 6) is 0.997. The maximum Gasteiger partial charge on any atom is 0.317 e. The predicted octanol–water partition coefficient (Wildman–Crippen LogP) is 1.56. The minimum absolute atomic E-state index is 0.0232. The summed E-state index contributed by atoms with van der Waals surface area (Å²) in [4.78, 5) is 35.0. The van der Waals surface area contributed by atoms with Gasteiger partial charge in [-0.3, -0.25) is 9.78 Å². The van der Waals surface area contributed by atoms with Crippen molar-refractivity contribution in [2.45, 2.75) is 25.7 Å². The van der Waals surface area contributed by atoms with Crippen LogP contribution in [-0.2, 0) is 4.79 Å². The molecule has 1 aromatic rings. The zero-order valence-corrected chi connectivity index (χ0v) is 15.8. The van der Waals surface area contributed by atoms with E-state index in [9.17, 15) is 9.59 Å². The van der Waals surface area contributed by atoms with E-state index in [0.717, 1.165) is 70.6 Å². The third-order valence-electron chi connectivity index (χ3n) is 5.89. The van der Waals surface area contributed by atoms with Crippen LogP contribution < -0.4 is 10.2 Å². The van der Waals surface area contributed by atoms with Crippen LogP contribution in [0, 0.1) is 11.8 Å². The van der Waals surface area contributed by atoms with Gasteiger partial charge in [-0.25, -0.2) is 4.79 Å². The molecule has 7 heteroatoms. The van der Waals surface area contributed by atoms with Crippen LogP contribution in [0.4, 0.5) is 10.5 Å². The van der Waals surface area contributed by atoms with Gasteiger partial charge < -0.3 is 20.0 Å². The zero-order chi connectivity index (χ0) is 18.6. The first kappa shape index (κ1) is 18.1. The van der Waals surface area contributed by atoms with E-state index in [1.54, 1.807) is 12.4 Å². The topological polar surface area (TPSA) is 68.8 Å². The summed E-state index contributed by atoms with van der Waals surface area (Å²) in [5.41, 5.74) is 1.16. The number of anilines is 1. The number of urea groups is 1. The Kier molecular flexibility index (Phi) is 5.45. The van der Waals surface area contributed by atoms with Crippen LogP contribution in [0.1, 0.15) is 25.7 Å². The molecule has 1 N–H and O–H groups in total. The van der Waals surface area contributed by atoms with Crippen molar-refractivity contribution in [3.63, 3.8) is 0 Å². The van der Waals surface area contributed by atoms with E-state index in [2.05, 4.69) is 15.2 Å². The first-order valence-electron chi connectivity index (χ1n) is 10.2. The van der Waals surface area contributed by atoms with Crippen molar-refractivity contribution >= 4 is 17.6 Å². The van der Waals surface area contributed by atoms with Gasteiger partial charge in [0, 0.05) is 69.8 Å². The van der Waals surface area contributed by atoms with Crippen molar-refractivity contribution in [1.29, 1.82) is 0 Å². The number of rotatable bonds is 4. The number of amides is 3. The zero-order valence-electron chi connectivity index (χ0n) is 15.8. The molecule has 7 nitrogen and oxygen atoms in total. The van der Waals surface area contributed by atoms with Gasteiger partial charge in [0.15, 0.2) is 0 Å². The summed E-state index contributed by atoms with van der Waals surface area (Å²) in [5, 5.41) is 3.10. The van der Waals surface area contributed by atoms with Gasteiger partial charge >= 0.3 is 6.03 Å². The second-order valence-corrected chi connectivity index (χ2v) is 7.93. The normalized spacial score (nSPS) is 23.3. The summed E-state index contributed by atoms with van der Waals surface area (Å²) >= 11 is 0. The monoisotopic (exact) mass is 371 g/mol. The van der Waals surface area contributed by atoms with Gasteiger partial charge in [0.25, 0.3) is 0 Å². The number of aromatic nitrogens is 1. The van der Waals surface area contributed by atoms with E-state index in [1.807, 2.05) is 21.9 Å². The van der Waals surface area contributed by atoms with Crippen LogP contribution in [0.15, 0.2) is 24.5 Å². The molecule has 0 aromatic carbocycles. The number of nitrogens with zero attached hydrogens (tertiary/aromatic N) is 4. The summed E-state index contributed by atoms with van der Waals surface area (Å²) < 4.78 is 0. The third kappa shape index (κ3) is 4.51. The number of hydrogen-bond acceptors (Lipinski definition) is 4. The molecule has 1 atom stereocenters. The van der Waals surface area contributed by atoms with E-state index in [0.29, 0.717) is 18.4 Å². The summed E-state index contributed by atoms with van der Waals surface area (Å²) in [6, 6.07) is 4.04. The third-order valence-corrected chi connectivity index (χ3v) is 5.89. The van der Waals surface area contributed by atoms with Crippen molar-refractivity contribution in [2.24, 2.45) is 11.8 Å². The second kappa shape index (κ2) is 8.15. The lowest BCUT2D eigenvalue weighted by Gasteiger charge is -2.37. The molecule has 2 saturated heterocycles. The minimum Gasteiger partial charge on any atom is -0.368 e. The van der Waals surface area contributed by atoms with E-state index < -0.39 is 0 Å². The van der Waals surface area contributed by atoms with E-state index in [4.69, 9.17) is 0 Å². The number of carbonyl (C=O) groups is 2. The standard InChI is InChI=1S/C20H29N5O2/c26-19(17-3-4-17)25-9-1-2-16(15-25)14-22-20(27)24-12-10-23(11-13-24)18-5-7-21-8-6-18/h5-8,16-17H,1-4,9-15H2,(H,22,27). The molecular formula is C20H29N5O2. The van der Waals surface area contributed by atoms with Gasteiger partial charge in [0.1, 0.15) is 0 Å². The Balaban J connectivity index is 1.20. The van der Waals surface area contributed by atoms with Crippen LogP contribution in [0.5, 0.6) is 0 Å². The maximum absolute atomic E-state index is 12.5. The number of nitrogens with one attached hydrogen (secondary N) is 1. The molecule has 0 spiro atoms. The van der Waals surface area contributed by atoms with Crippen molar-refractivity contribution in [3.8, 4) is 0 Å². The molecule has 1 unspecified atom stereocenters. The quantitative estimate of drug-likeness (QED) is 0.872. The van der Waals surface area contributed by atoms with Crippen LogP contribution in [0.25, 0.3) is 0 Å². The molecule has 1 saturated carbocycles. The number of carbonyl (C=O) groups excluding carboxylic acids is 2. The van der Waals surface area contributed by atoms with Gasteiger partial charge in [0.2, 0.25) is 5.91 Å². The minimum atomic E-state index is 0.0232. The molecule has 2 aliphatic heterocycles. The highest BCUT2D eigenvalue weighted by molar-refractivity contribution is 5.81. The molecule has 3 heterocycles. The van der Waals surface area contributed by atoms with E-state index in [-0.39, 0.29) is 11.9 Å². The second-order valence-electron chi connectivity index (χ2n) is 7.93. The number of piperidine rings is 1. The molecule has 3 aliphatic rings. The molecular weight excluding hydrogens is 342 g/mol. The predicted molar refractivity (Wildman–Crippen MR) is 103 cm³/mol. The number of hydrogen-bond donors (Lipinski definition) is 1. The van der Waals surface area contributed by atoms with Crippen LogP contribution in [-0.4, -0.2) is 72.5 Å². The van der Waals surface area contributed by atoms with Gasteiger partial charge in [0.05, 0.1) is 0 Å². The van der Waals surface area contributed by atoms with Crippen molar-refractivity contribution in [1.82, 2.24) is 20.1 Å². The van der Waals surface area contributed by atoms with Crippen molar-refractivity contribution in [3.05, 3.63) is 24.5 Å². The molecule has 3 amide bonds. The summed E-state index contributed by atoms with van der Waals surface area (Å²) in [6.45, 7) is 5.48. The Morgan fingerprint density at radius 1 is 1.00 bits per heavy atom. The van der Waals surface area contributed by atoms with Crippen LogP contribution in [0.2, 0.25) is 0 Å². The largest absolute Gasteiger partial charge is 0.368 e. The van der Waals surface area contributed by atoms with Gasteiger partial charge in [-0.2, -0.15) is 0 Å². The average Bonchev–Trinajstić information content (AvgIpc) is 3.58. The Morgan fingerprint density at radius 2 is 1.74 bits per heavy atom. The molecule has 4 rings (SSSR count). The molecule has 1 aliphatic carbocycles. The van der Waals surface area contributed by atoms with Crippen LogP contribution in [0.3, 0.4) is 0 Å². The number of likely N-dealkylation sites (tertiary alicyclic amines) is 1. The van der Waals surface area contributed by atoms with Crippen molar-refractivity contribution in [2.75, 3.05) is 50.7 Å². The Labute approximate surface area is 160 Å². The fourth-order valence-electron chi connectivity index (χ4n) is 4.09. The molecule has 0 bridgehead atoms. The number of pyridine rings is 1. The molecule has 1 aromatic heterocycles. The summed E-state index contributed by atoms with van der Waals surface area (Å²) in [7, 11) is 0. The Hall–Kier alpha value is -2.31. The first-order valence-corrected chi connectivity index (χ1v) is 10.2. The fourth-order valence-corrected chi connectivity index (χ4v) is 4.09. The highest BCUT2D eigenvalue weighted by Crippen LogP contribution is 2.32. The highest BCUT2D eigenvalue weighted by atomic mass is 16.2. The fraction of sp³-hybridized carbons (Fsp3) is 0.650. The van der Waals surface area contributed by atoms with Gasteiger partial charge in [-0.05, 0) is 43.7 Å². The van der Waals surface area contributed by atoms with Gasteiger partial charge in [-0.15, -0.1) is 0 Å². The van der Waals surface area contributed by atoms with Crippen molar-refractivity contribution < 1.29 is 9.59 Å². The van der Waals surface area contributed by atoms with Gasteiger partial charge in [-0.1, -0.05) is 0 Å². The first-order chi connectivity index (χ1) is 13.2. The van der Waals surface area contributed by atoms with Crippen LogP contribution >= 0.6 is 0 Å². The Bertz CT molecular complexity index is 656. The average molecular weight is 371 g/mol.